The number of urea groups is 1. The molecule has 0 spiro atoms. The molecule has 6 nitrogen and oxygen atoms in total. The summed E-state index contributed by atoms with van der Waals surface area (Å²) in [5.41, 5.74) is 6.26. The van der Waals surface area contributed by atoms with E-state index in [1.807, 2.05) is 18.2 Å². The number of carbonyl (C=O) groups is 1. The van der Waals surface area contributed by atoms with Crippen LogP contribution in [0.5, 0.6) is 0 Å². The number of nitrogens with one attached hydrogen (secondary N) is 2. The summed E-state index contributed by atoms with van der Waals surface area (Å²) in [4.78, 5) is 11.8. The van der Waals surface area contributed by atoms with E-state index in [2.05, 4.69) is 15.8 Å². The quantitative estimate of drug-likeness (QED) is 0.280. The molecule has 1 saturated carbocycles. The fourth-order valence-electron chi connectivity index (χ4n) is 1.75. The van der Waals surface area contributed by atoms with Crippen molar-refractivity contribution in [1.82, 2.24) is 5.32 Å². The number of anilines is 1. The first-order valence-electron chi connectivity index (χ1n) is 5.80. The molecule has 0 aromatic heterocycles. The van der Waals surface area contributed by atoms with E-state index in [0.717, 1.165) is 12.8 Å². The van der Waals surface area contributed by atoms with Crippen molar-refractivity contribution >= 4 is 17.6 Å². The fraction of sp³-hybridized carbons (Fsp3) is 0.333. The highest BCUT2D eigenvalue weighted by molar-refractivity contribution is 5.95. The Morgan fingerprint density at radius 3 is 2.61 bits per heavy atom. The topological polar surface area (TPSA) is 99.7 Å². The van der Waals surface area contributed by atoms with E-state index in [-0.39, 0.29) is 17.8 Å². The molecule has 6 heteroatoms. The first-order valence-corrected chi connectivity index (χ1v) is 5.80. The molecule has 1 aliphatic carbocycles. The van der Waals surface area contributed by atoms with Crippen molar-refractivity contribution in [1.29, 1.82) is 0 Å². The molecule has 0 bridgehead atoms. The molecule has 1 aromatic rings. The predicted molar refractivity (Wildman–Crippen MR) is 68.5 cm³/mol. The van der Waals surface area contributed by atoms with Gasteiger partial charge in [-0.2, -0.15) is 0 Å². The van der Waals surface area contributed by atoms with Crippen molar-refractivity contribution in [3.63, 3.8) is 0 Å². The van der Waals surface area contributed by atoms with Crippen LogP contribution in [0.1, 0.15) is 12.8 Å². The minimum atomic E-state index is -0.404. The second-order valence-electron chi connectivity index (χ2n) is 4.30. The zero-order chi connectivity index (χ0) is 13.0. The van der Waals surface area contributed by atoms with Crippen LogP contribution in [-0.4, -0.2) is 23.1 Å². The van der Waals surface area contributed by atoms with Gasteiger partial charge in [-0.3, -0.25) is 0 Å². The van der Waals surface area contributed by atoms with Gasteiger partial charge in [-0.25, -0.2) is 4.79 Å². The molecule has 0 radical (unpaired) electrons. The highest BCUT2D eigenvalue weighted by Crippen LogP contribution is 2.32. The molecule has 1 aliphatic rings. The number of hydrogen-bond acceptors (Lipinski definition) is 3. The molecule has 1 fully saturated rings. The normalized spacial score (nSPS) is 17.0. The number of carbonyl (C=O) groups excluding carboxylic acids is 1. The average molecular weight is 248 g/mol. The van der Waals surface area contributed by atoms with Crippen molar-refractivity contribution in [2.45, 2.75) is 18.9 Å². The zero-order valence-electron chi connectivity index (χ0n) is 9.84. The number of oxime groups is 1. The van der Waals surface area contributed by atoms with Crippen LogP contribution < -0.4 is 16.4 Å². The van der Waals surface area contributed by atoms with Crippen molar-refractivity contribution in [3.8, 4) is 0 Å². The van der Waals surface area contributed by atoms with Gasteiger partial charge in [0, 0.05) is 5.69 Å². The van der Waals surface area contributed by atoms with Crippen molar-refractivity contribution in [3.05, 3.63) is 30.3 Å². The van der Waals surface area contributed by atoms with Gasteiger partial charge in [-0.05, 0) is 30.9 Å². The van der Waals surface area contributed by atoms with Crippen LogP contribution in [0.3, 0.4) is 0 Å². The number of amidine groups is 1. The second-order valence-corrected chi connectivity index (χ2v) is 4.30. The van der Waals surface area contributed by atoms with Crippen LogP contribution in [0.4, 0.5) is 10.5 Å². The lowest BCUT2D eigenvalue weighted by atomic mass is 10.2. The van der Waals surface area contributed by atoms with E-state index in [1.54, 1.807) is 12.1 Å². The maximum absolute atomic E-state index is 11.8. The number of hydrogen-bond donors (Lipinski definition) is 4. The molecule has 1 aromatic carbocycles. The molecular weight excluding hydrogens is 232 g/mol. The Hall–Kier alpha value is -2.24. The largest absolute Gasteiger partial charge is 0.409 e. The van der Waals surface area contributed by atoms with E-state index >= 15 is 0 Å². The minimum Gasteiger partial charge on any atom is -0.409 e. The summed E-state index contributed by atoms with van der Waals surface area (Å²) in [6, 6.07) is 8.34. The lowest BCUT2D eigenvalue weighted by Crippen LogP contribution is -2.47. The van der Waals surface area contributed by atoms with Crippen LogP contribution in [0, 0.1) is 5.92 Å². The van der Waals surface area contributed by atoms with Gasteiger partial charge in [-0.15, -0.1) is 0 Å². The number of para-hydroxylation sites is 1. The van der Waals surface area contributed by atoms with E-state index in [1.165, 1.54) is 0 Å². The lowest BCUT2D eigenvalue weighted by Gasteiger charge is -2.17. The molecule has 0 heterocycles. The SMILES string of the molecule is NC(=NO)C(NC(=O)Nc1ccccc1)C1CC1. The van der Waals surface area contributed by atoms with Crippen molar-refractivity contribution in [2.75, 3.05) is 5.32 Å². The maximum atomic E-state index is 11.8. The number of nitrogens with zero attached hydrogens (tertiary/aromatic N) is 1. The monoisotopic (exact) mass is 248 g/mol. The molecular formula is C12H16N4O2. The van der Waals surface area contributed by atoms with Crippen LogP contribution in [0.25, 0.3) is 0 Å². The Bertz CT molecular complexity index is 443. The first kappa shape index (κ1) is 12.2. The van der Waals surface area contributed by atoms with E-state index < -0.39 is 6.04 Å². The third kappa shape index (κ3) is 3.13. The summed E-state index contributed by atoms with van der Waals surface area (Å²) in [7, 11) is 0. The number of amides is 2. The Labute approximate surface area is 105 Å². The van der Waals surface area contributed by atoms with Crippen molar-refractivity contribution in [2.24, 2.45) is 16.8 Å². The van der Waals surface area contributed by atoms with Gasteiger partial charge >= 0.3 is 6.03 Å². The summed E-state index contributed by atoms with van der Waals surface area (Å²) >= 11 is 0. The van der Waals surface area contributed by atoms with Gasteiger partial charge in [0.1, 0.15) is 0 Å². The zero-order valence-corrected chi connectivity index (χ0v) is 9.84. The lowest BCUT2D eigenvalue weighted by molar-refractivity contribution is 0.249. The Morgan fingerprint density at radius 2 is 2.06 bits per heavy atom. The number of benzene rings is 1. The fourth-order valence-corrected chi connectivity index (χ4v) is 1.75. The van der Waals surface area contributed by atoms with Gasteiger partial charge in [0.15, 0.2) is 5.84 Å². The van der Waals surface area contributed by atoms with Gasteiger partial charge in [-0.1, -0.05) is 23.4 Å². The molecule has 5 N–H and O–H groups in total. The second kappa shape index (κ2) is 5.39. The summed E-state index contributed by atoms with van der Waals surface area (Å²) in [5.74, 6) is 0.308. The van der Waals surface area contributed by atoms with Crippen LogP contribution >= 0.6 is 0 Å². The molecule has 96 valence electrons. The number of rotatable bonds is 4. The molecule has 0 saturated heterocycles. The number of nitrogens with two attached hydrogens (primary N) is 1. The van der Waals surface area contributed by atoms with E-state index in [4.69, 9.17) is 10.9 Å². The third-order valence-electron chi connectivity index (χ3n) is 2.85. The van der Waals surface area contributed by atoms with Gasteiger partial charge in [0.05, 0.1) is 6.04 Å². The molecule has 0 aliphatic heterocycles. The van der Waals surface area contributed by atoms with Crippen LogP contribution in [0.2, 0.25) is 0 Å². The smallest absolute Gasteiger partial charge is 0.319 e. The standard InChI is InChI=1S/C12H16N4O2/c13-11(16-18)10(8-6-7-8)15-12(17)14-9-4-2-1-3-5-9/h1-5,8,10,18H,6-7H2,(H2,13,16)(H2,14,15,17). The molecule has 1 atom stereocenters. The summed E-state index contributed by atoms with van der Waals surface area (Å²) < 4.78 is 0. The molecule has 18 heavy (non-hydrogen) atoms. The van der Waals surface area contributed by atoms with Gasteiger partial charge in [0.25, 0.3) is 0 Å². The summed E-state index contributed by atoms with van der Waals surface area (Å²) in [6.07, 6.45) is 1.96. The summed E-state index contributed by atoms with van der Waals surface area (Å²) in [6.45, 7) is 0. The van der Waals surface area contributed by atoms with Crippen molar-refractivity contribution < 1.29 is 10.0 Å². The average Bonchev–Trinajstić information content (AvgIpc) is 3.20. The molecule has 2 amide bonds. The Morgan fingerprint density at radius 1 is 1.39 bits per heavy atom. The first-order chi connectivity index (χ1) is 8.70. The highest BCUT2D eigenvalue weighted by atomic mass is 16.4. The third-order valence-corrected chi connectivity index (χ3v) is 2.85. The van der Waals surface area contributed by atoms with Gasteiger partial charge < -0.3 is 21.6 Å². The minimum absolute atomic E-state index is 0.0423. The van der Waals surface area contributed by atoms with Crippen LogP contribution in [0.15, 0.2) is 35.5 Å². The Kier molecular flexibility index (Phi) is 3.66. The van der Waals surface area contributed by atoms with E-state index in [0.29, 0.717) is 5.69 Å². The summed E-state index contributed by atoms with van der Waals surface area (Å²) in [5, 5.41) is 17.0. The molecule has 2 rings (SSSR count). The maximum Gasteiger partial charge on any atom is 0.319 e. The van der Waals surface area contributed by atoms with E-state index in [9.17, 15) is 4.79 Å². The van der Waals surface area contributed by atoms with Gasteiger partial charge in [0.2, 0.25) is 0 Å². The van der Waals surface area contributed by atoms with Crippen LogP contribution in [-0.2, 0) is 0 Å². The predicted octanol–water partition coefficient (Wildman–Crippen LogP) is 1.33. The molecule has 1 unspecified atom stereocenters. The Balaban J connectivity index is 1.93. The highest BCUT2D eigenvalue weighted by Gasteiger charge is 2.35.